The first-order valence-electron chi connectivity index (χ1n) is 9.88. The van der Waals surface area contributed by atoms with Crippen molar-refractivity contribution in [2.45, 2.75) is 38.5 Å². The Bertz CT molecular complexity index is 1210. The van der Waals surface area contributed by atoms with Crippen LogP contribution in [0.15, 0.2) is 41.5 Å². The fraction of sp³-hybridized carbons (Fsp3) is 0.348. The second-order valence-electron chi connectivity index (χ2n) is 7.51. The van der Waals surface area contributed by atoms with Crippen LogP contribution in [0.25, 0.3) is 10.9 Å². The Kier molecular flexibility index (Phi) is 4.42. The summed E-state index contributed by atoms with van der Waals surface area (Å²) in [5, 5.41) is 0.614. The molecule has 0 aliphatic carbocycles. The third-order valence-electron chi connectivity index (χ3n) is 5.66. The van der Waals surface area contributed by atoms with Gasteiger partial charge in [-0.1, -0.05) is 11.8 Å². The number of hydrogen-bond acceptors (Lipinski definition) is 5. The molecule has 0 amide bonds. The molecule has 0 N–H and O–H groups in total. The molecule has 1 fully saturated rings. The number of hydrogen-bond donors (Lipinski definition) is 0. The van der Waals surface area contributed by atoms with E-state index in [4.69, 9.17) is 14.5 Å². The van der Waals surface area contributed by atoms with Crippen molar-refractivity contribution in [3.05, 3.63) is 69.5 Å². The monoisotopic (exact) mass is 387 g/mol. The van der Waals surface area contributed by atoms with E-state index < -0.39 is 5.79 Å². The van der Waals surface area contributed by atoms with Crippen molar-refractivity contribution in [1.82, 2.24) is 14.5 Å². The number of fused-ring (bicyclic) bond motifs is 2. The smallest absolute Gasteiger partial charge is 0.261 e. The van der Waals surface area contributed by atoms with Crippen LogP contribution in [0.4, 0.5) is 0 Å². The van der Waals surface area contributed by atoms with E-state index in [1.807, 2.05) is 31.2 Å². The second-order valence-corrected chi connectivity index (χ2v) is 7.51. The van der Waals surface area contributed by atoms with Gasteiger partial charge in [0.15, 0.2) is 5.79 Å². The first-order chi connectivity index (χ1) is 14.1. The lowest BCUT2D eigenvalue weighted by Gasteiger charge is -2.24. The molecule has 29 heavy (non-hydrogen) atoms. The Morgan fingerprint density at radius 3 is 2.83 bits per heavy atom. The molecule has 2 aliphatic rings. The summed E-state index contributed by atoms with van der Waals surface area (Å²) in [6, 6.07) is 7.50. The minimum atomic E-state index is -0.564. The van der Waals surface area contributed by atoms with Gasteiger partial charge in [0.2, 0.25) is 0 Å². The van der Waals surface area contributed by atoms with Crippen molar-refractivity contribution in [3.8, 4) is 11.8 Å². The van der Waals surface area contributed by atoms with Crippen molar-refractivity contribution in [3.63, 3.8) is 0 Å². The highest BCUT2D eigenvalue weighted by molar-refractivity contribution is 5.79. The van der Waals surface area contributed by atoms with Gasteiger partial charge in [0.05, 0.1) is 24.1 Å². The van der Waals surface area contributed by atoms with E-state index in [0.717, 1.165) is 22.5 Å². The van der Waals surface area contributed by atoms with Crippen molar-refractivity contribution in [2.24, 2.45) is 0 Å². The molecule has 0 saturated carbocycles. The topological polar surface area (TPSA) is 66.2 Å². The molecule has 0 unspecified atom stereocenters. The molecule has 146 valence electrons. The van der Waals surface area contributed by atoms with Crippen molar-refractivity contribution < 1.29 is 9.47 Å². The van der Waals surface area contributed by atoms with Crippen molar-refractivity contribution in [2.75, 3.05) is 13.2 Å². The first kappa shape index (κ1) is 18.0. The van der Waals surface area contributed by atoms with Gasteiger partial charge in [-0.25, -0.2) is 4.98 Å². The van der Waals surface area contributed by atoms with Crippen LogP contribution in [-0.4, -0.2) is 33.5 Å². The standard InChI is InChI=1S/C23H21N3O3/c1-16-15-24-10-7-18(16)4-2-17-3-5-19-20(14-17)25-21-6-8-23(28-12-13-29-23)9-11-26(21)22(19)27/h3,5,7,10,14-15H,6,8-9,11-13H2,1H3. The van der Waals surface area contributed by atoms with Gasteiger partial charge in [0, 0.05) is 49.3 Å². The molecule has 0 radical (unpaired) electrons. The summed E-state index contributed by atoms with van der Waals surface area (Å²) in [6.45, 7) is 3.76. The van der Waals surface area contributed by atoms with Crippen LogP contribution in [0.1, 0.15) is 35.4 Å². The molecule has 1 saturated heterocycles. The third kappa shape index (κ3) is 3.33. The van der Waals surface area contributed by atoms with E-state index in [1.54, 1.807) is 17.0 Å². The van der Waals surface area contributed by atoms with Crippen LogP contribution in [0, 0.1) is 18.8 Å². The highest BCUT2D eigenvalue weighted by Crippen LogP contribution is 2.31. The van der Waals surface area contributed by atoms with E-state index in [2.05, 4.69) is 16.8 Å². The molecular formula is C23H21N3O3. The van der Waals surface area contributed by atoms with E-state index in [9.17, 15) is 4.79 Å². The van der Waals surface area contributed by atoms with E-state index >= 15 is 0 Å². The Labute approximate surface area is 168 Å². The van der Waals surface area contributed by atoms with Gasteiger partial charge >= 0.3 is 0 Å². The molecule has 1 aromatic carbocycles. The fourth-order valence-corrected chi connectivity index (χ4v) is 4.01. The zero-order valence-electron chi connectivity index (χ0n) is 16.3. The van der Waals surface area contributed by atoms with Crippen LogP contribution in [0.3, 0.4) is 0 Å². The highest BCUT2D eigenvalue weighted by Gasteiger charge is 2.38. The predicted molar refractivity (Wildman–Crippen MR) is 109 cm³/mol. The van der Waals surface area contributed by atoms with E-state index in [0.29, 0.717) is 49.9 Å². The van der Waals surface area contributed by atoms with Gasteiger partial charge in [0.1, 0.15) is 5.82 Å². The summed E-state index contributed by atoms with van der Waals surface area (Å²) in [5.41, 5.74) is 3.48. The molecule has 6 nitrogen and oxygen atoms in total. The highest BCUT2D eigenvalue weighted by atomic mass is 16.7. The lowest BCUT2D eigenvalue weighted by Crippen LogP contribution is -2.31. The Hall–Kier alpha value is -3.01. The van der Waals surface area contributed by atoms with Gasteiger partial charge in [-0.05, 0) is 36.8 Å². The molecule has 6 heteroatoms. The number of ether oxygens (including phenoxy) is 2. The maximum atomic E-state index is 13.1. The maximum Gasteiger partial charge on any atom is 0.261 e. The molecule has 0 bridgehead atoms. The van der Waals surface area contributed by atoms with Gasteiger partial charge in [0.25, 0.3) is 5.56 Å². The normalized spacial score (nSPS) is 17.6. The zero-order valence-corrected chi connectivity index (χ0v) is 16.3. The van der Waals surface area contributed by atoms with Gasteiger partial charge in [-0.3, -0.25) is 14.3 Å². The average Bonchev–Trinajstić information content (AvgIpc) is 3.12. The molecule has 2 aromatic heterocycles. The summed E-state index contributed by atoms with van der Waals surface area (Å²) < 4.78 is 13.5. The third-order valence-corrected chi connectivity index (χ3v) is 5.66. The number of aryl methyl sites for hydroxylation is 2. The van der Waals surface area contributed by atoms with Crippen LogP contribution >= 0.6 is 0 Å². The summed E-state index contributed by atoms with van der Waals surface area (Å²) in [5.74, 6) is 6.58. The SMILES string of the molecule is Cc1cnccc1C#Cc1ccc2c(=O)n3c(nc2c1)CCC1(CC3)OCCO1. The first-order valence-corrected chi connectivity index (χ1v) is 9.88. The molecule has 2 aliphatic heterocycles. The van der Waals surface area contributed by atoms with Gasteiger partial charge < -0.3 is 9.47 Å². The molecule has 5 rings (SSSR count). The largest absolute Gasteiger partial charge is 0.347 e. The summed E-state index contributed by atoms with van der Waals surface area (Å²) in [6.07, 6.45) is 5.57. The number of rotatable bonds is 0. The van der Waals surface area contributed by atoms with Crippen LogP contribution in [0.5, 0.6) is 0 Å². The van der Waals surface area contributed by atoms with Gasteiger partial charge in [-0.2, -0.15) is 0 Å². The lowest BCUT2D eigenvalue weighted by atomic mass is 10.1. The Balaban J connectivity index is 1.52. The lowest BCUT2D eigenvalue weighted by molar-refractivity contribution is -0.165. The van der Waals surface area contributed by atoms with Crippen LogP contribution in [-0.2, 0) is 22.4 Å². The number of aromatic nitrogens is 3. The number of nitrogens with zero attached hydrogens (tertiary/aromatic N) is 3. The van der Waals surface area contributed by atoms with Crippen molar-refractivity contribution in [1.29, 1.82) is 0 Å². The Morgan fingerprint density at radius 2 is 2.00 bits per heavy atom. The number of benzene rings is 1. The van der Waals surface area contributed by atoms with Crippen LogP contribution in [0.2, 0.25) is 0 Å². The predicted octanol–water partition coefficient (Wildman–Crippen LogP) is 2.58. The summed E-state index contributed by atoms with van der Waals surface area (Å²) in [7, 11) is 0. The zero-order chi connectivity index (χ0) is 19.8. The second kappa shape index (κ2) is 7.11. The maximum absolute atomic E-state index is 13.1. The molecule has 4 heterocycles. The minimum Gasteiger partial charge on any atom is -0.347 e. The molecule has 0 atom stereocenters. The Morgan fingerprint density at radius 1 is 1.14 bits per heavy atom. The summed E-state index contributed by atoms with van der Waals surface area (Å²) in [4.78, 5) is 22.0. The fourth-order valence-electron chi connectivity index (χ4n) is 4.01. The molecular weight excluding hydrogens is 366 g/mol. The van der Waals surface area contributed by atoms with E-state index in [1.165, 1.54) is 0 Å². The van der Waals surface area contributed by atoms with Gasteiger partial charge in [-0.15, -0.1) is 0 Å². The van der Waals surface area contributed by atoms with E-state index in [-0.39, 0.29) is 5.56 Å². The molecule has 1 spiro atoms. The molecule has 3 aromatic rings. The minimum absolute atomic E-state index is 0.00969. The van der Waals surface area contributed by atoms with Crippen molar-refractivity contribution >= 4 is 10.9 Å². The van der Waals surface area contributed by atoms with Crippen LogP contribution < -0.4 is 5.56 Å². The number of pyridine rings is 1. The quantitative estimate of drug-likeness (QED) is 0.555. The summed E-state index contributed by atoms with van der Waals surface area (Å²) >= 11 is 0. The average molecular weight is 387 g/mol.